The number of carbonyl (C=O) groups is 2. The van der Waals surface area contributed by atoms with Gasteiger partial charge in [0.1, 0.15) is 11.8 Å². The average molecular weight is 465 g/mol. The lowest BCUT2D eigenvalue weighted by atomic mass is 10.1. The lowest BCUT2D eigenvalue weighted by Gasteiger charge is -2.30. The van der Waals surface area contributed by atoms with Crippen LogP contribution in [0, 0.1) is 13.8 Å². The first-order chi connectivity index (χ1) is 14.8. The molecular weight excluding hydrogens is 435 g/mol. The zero-order valence-corrected chi connectivity index (χ0v) is 20.0. The SMILES string of the molecule is CCCNC(=O)[C@@H](CC)N(Cc1ccc(Cl)cc1)C(=O)COc1cc(C)c(Cl)c(C)c1. The summed E-state index contributed by atoms with van der Waals surface area (Å²) in [6.07, 6.45) is 1.32. The van der Waals surface area contributed by atoms with Gasteiger partial charge < -0.3 is 15.0 Å². The van der Waals surface area contributed by atoms with Gasteiger partial charge in [0.25, 0.3) is 5.91 Å². The summed E-state index contributed by atoms with van der Waals surface area (Å²) in [5, 5.41) is 4.20. The monoisotopic (exact) mass is 464 g/mol. The molecular formula is C24H30Cl2N2O3. The highest BCUT2D eigenvalue weighted by molar-refractivity contribution is 6.32. The van der Waals surface area contributed by atoms with Crippen molar-refractivity contribution in [3.8, 4) is 5.75 Å². The Hall–Kier alpha value is -2.24. The average Bonchev–Trinajstić information content (AvgIpc) is 2.75. The molecule has 0 aliphatic rings. The van der Waals surface area contributed by atoms with Gasteiger partial charge in [-0.3, -0.25) is 9.59 Å². The Morgan fingerprint density at radius 2 is 1.68 bits per heavy atom. The first-order valence-electron chi connectivity index (χ1n) is 10.5. The van der Waals surface area contributed by atoms with Crippen LogP contribution < -0.4 is 10.1 Å². The molecule has 2 aromatic rings. The Balaban J connectivity index is 2.21. The van der Waals surface area contributed by atoms with Gasteiger partial charge in [-0.05, 0) is 67.6 Å². The number of hydrogen-bond acceptors (Lipinski definition) is 3. The van der Waals surface area contributed by atoms with E-state index in [9.17, 15) is 9.59 Å². The topological polar surface area (TPSA) is 58.6 Å². The molecule has 0 aliphatic heterocycles. The van der Waals surface area contributed by atoms with E-state index < -0.39 is 6.04 Å². The first-order valence-corrected chi connectivity index (χ1v) is 11.2. The maximum Gasteiger partial charge on any atom is 0.261 e. The van der Waals surface area contributed by atoms with E-state index >= 15 is 0 Å². The molecule has 0 aliphatic carbocycles. The third kappa shape index (κ3) is 7.15. The maximum absolute atomic E-state index is 13.2. The second-order valence-corrected chi connectivity index (χ2v) is 8.34. The number of ether oxygens (including phenoxy) is 1. The van der Waals surface area contributed by atoms with E-state index in [1.54, 1.807) is 29.2 Å². The van der Waals surface area contributed by atoms with Crippen molar-refractivity contribution in [2.75, 3.05) is 13.2 Å². The normalized spacial score (nSPS) is 11.7. The largest absolute Gasteiger partial charge is 0.484 e. The molecule has 31 heavy (non-hydrogen) atoms. The van der Waals surface area contributed by atoms with Crippen LogP contribution in [-0.4, -0.2) is 35.9 Å². The van der Waals surface area contributed by atoms with Crippen molar-refractivity contribution >= 4 is 35.0 Å². The quantitative estimate of drug-likeness (QED) is 0.517. The Bertz CT molecular complexity index is 877. The third-order valence-corrected chi connectivity index (χ3v) is 5.82. The van der Waals surface area contributed by atoms with Crippen LogP contribution in [-0.2, 0) is 16.1 Å². The van der Waals surface area contributed by atoms with E-state index in [2.05, 4.69) is 5.32 Å². The summed E-state index contributed by atoms with van der Waals surface area (Å²) in [7, 11) is 0. The van der Waals surface area contributed by atoms with E-state index in [0.29, 0.717) is 28.8 Å². The molecule has 0 aromatic heterocycles. The van der Waals surface area contributed by atoms with E-state index in [-0.39, 0.29) is 25.0 Å². The predicted octanol–water partition coefficient (Wildman–Crippen LogP) is 5.32. The number of hydrogen-bond donors (Lipinski definition) is 1. The number of aryl methyl sites for hydroxylation is 2. The summed E-state index contributed by atoms with van der Waals surface area (Å²) >= 11 is 12.2. The number of benzene rings is 2. The standard InChI is InChI=1S/C24H30Cl2N2O3/c1-5-11-27-24(30)21(6-2)28(14-18-7-9-19(25)10-8-18)22(29)15-31-20-12-16(3)23(26)17(4)13-20/h7-10,12-13,21H,5-6,11,14-15H2,1-4H3,(H,27,30)/t21-/m1/s1. The molecule has 0 saturated carbocycles. The lowest BCUT2D eigenvalue weighted by Crippen LogP contribution is -2.50. The van der Waals surface area contributed by atoms with Crippen molar-refractivity contribution in [2.24, 2.45) is 0 Å². The van der Waals surface area contributed by atoms with Crippen molar-refractivity contribution in [3.63, 3.8) is 0 Å². The Morgan fingerprint density at radius 1 is 1.06 bits per heavy atom. The second-order valence-electron chi connectivity index (χ2n) is 7.52. The Labute approximate surface area is 194 Å². The van der Waals surface area contributed by atoms with Crippen molar-refractivity contribution in [1.82, 2.24) is 10.2 Å². The van der Waals surface area contributed by atoms with E-state index in [1.165, 1.54) is 0 Å². The first kappa shape index (κ1) is 25.0. The molecule has 0 bridgehead atoms. The van der Waals surface area contributed by atoms with Crippen LogP contribution in [0.5, 0.6) is 5.75 Å². The number of nitrogens with one attached hydrogen (secondary N) is 1. The second kappa shape index (κ2) is 12.0. The van der Waals surface area contributed by atoms with Gasteiger partial charge in [0.2, 0.25) is 5.91 Å². The fourth-order valence-electron chi connectivity index (χ4n) is 3.29. The van der Waals surface area contributed by atoms with E-state index in [0.717, 1.165) is 23.1 Å². The van der Waals surface area contributed by atoms with Crippen molar-refractivity contribution < 1.29 is 14.3 Å². The van der Waals surface area contributed by atoms with Crippen LogP contribution in [0.4, 0.5) is 0 Å². The summed E-state index contributed by atoms with van der Waals surface area (Å²) in [5.74, 6) is 0.145. The number of nitrogens with zero attached hydrogens (tertiary/aromatic N) is 1. The van der Waals surface area contributed by atoms with Gasteiger partial charge in [-0.2, -0.15) is 0 Å². The van der Waals surface area contributed by atoms with Crippen LogP contribution in [0.2, 0.25) is 10.0 Å². The van der Waals surface area contributed by atoms with Crippen LogP contribution in [0.3, 0.4) is 0 Å². The van der Waals surface area contributed by atoms with Gasteiger partial charge in [0.15, 0.2) is 6.61 Å². The predicted molar refractivity (Wildman–Crippen MR) is 126 cm³/mol. The van der Waals surface area contributed by atoms with E-state index in [4.69, 9.17) is 27.9 Å². The zero-order chi connectivity index (χ0) is 23.0. The maximum atomic E-state index is 13.2. The minimum atomic E-state index is -0.591. The molecule has 2 aromatic carbocycles. The van der Waals surface area contributed by atoms with Gasteiger partial charge >= 0.3 is 0 Å². The Morgan fingerprint density at radius 3 is 2.23 bits per heavy atom. The fourth-order valence-corrected chi connectivity index (χ4v) is 3.52. The molecule has 0 unspecified atom stereocenters. The molecule has 0 fully saturated rings. The number of carbonyl (C=O) groups excluding carboxylic acids is 2. The molecule has 1 atom stereocenters. The summed E-state index contributed by atoms with van der Waals surface area (Å²) in [6, 6.07) is 10.3. The molecule has 0 saturated heterocycles. The smallest absolute Gasteiger partial charge is 0.261 e. The molecule has 7 heteroatoms. The fraction of sp³-hybridized carbons (Fsp3) is 0.417. The minimum Gasteiger partial charge on any atom is -0.484 e. The van der Waals surface area contributed by atoms with Crippen molar-refractivity contribution in [2.45, 2.75) is 53.1 Å². The highest BCUT2D eigenvalue weighted by atomic mass is 35.5. The minimum absolute atomic E-state index is 0.162. The molecule has 2 rings (SSSR count). The van der Waals surface area contributed by atoms with Gasteiger partial charge in [0, 0.05) is 23.1 Å². The summed E-state index contributed by atoms with van der Waals surface area (Å²) in [6.45, 7) is 8.34. The third-order valence-electron chi connectivity index (χ3n) is 4.97. The number of rotatable bonds is 10. The summed E-state index contributed by atoms with van der Waals surface area (Å²) in [4.78, 5) is 27.5. The van der Waals surface area contributed by atoms with Gasteiger partial charge in [0.05, 0.1) is 0 Å². The molecule has 0 radical (unpaired) electrons. The van der Waals surface area contributed by atoms with Gasteiger partial charge in [-0.15, -0.1) is 0 Å². The highest BCUT2D eigenvalue weighted by Gasteiger charge is 2.28. The van der Waals surface area contributed by atoms with Crippen LogP contribution in [0.15, 0.2) is 36.4 Å². The van der Waals surface area contributed by atoms with Crippen LogP contribution >= 0.6 is 23.2 Å². The molecule has 0 spiro atoms. The number of halogens is 2. The lowest BCUT2D eigenvalue weighted by molar-refractivity contribution is -0.143. The van der Waals surface area contributed by atoms with Gasteiger partial charge in [-0.1, -0.05) is 49.2 Å². The zero-order valence-electron chi connectivity index (χ0n) is 18.5. The molecule has 168 valence electrons. The molecule has 2 amide bonds. The van der Waals surface area contributed by atoms with Crippen LogP contribution in [0.25, 0.3) is 0 Å². The van der Waals surface area contributed by atoms with E-state index in [1.807, 2.05) is 39.8 Å². The molecule has 0 heterocycles. The van der Waals surface area contributed by atoms with Crippen molar-refractivity contribution in [1.29, 1.82) is 0 Å². The highest BCUT2D eigenvalue weighted by Crippen LogP contribution is 2.26. The molecule has 1 N–H and O–H groups in total. The summed E-state index contributed by atoms with van der Waals surface area (Å²) in [5.41, 5.74) is 2.65. The molecule has 5 nitrogen and oxygen atoms in total. The van der Waals surface area contributed by atoms with Crippen LogP contribution in [0.1, 0.15) is 43.4 Å². The summed E-state index contributed by atoms with van der Waals surface area (Å²) < 4.78 is 5.78. The van der Waals surface area contributed by atoms with Gasteiger partial charge in [-0.25, -0.2) is 0 Å². The number of amides is 2. The Kier molecular flexibility index (Phi) is 9.66. The van der Waals surface area contributed by atoms with Crippen molar-refractivity contribution in [3.05, 3.63) is 63.1 Å².